The molecule has 1 aromatic carbocycles. The highest BCUT2D eigenvalue weighted by Gasteiger charge is 2.26. The maximum Gasteiger partial charge on any atom is 0.343 e. The summed E-state index contributed by atoms with van der Waals surface area (Å²) in [4.78, 5) is 21.6. The third-order valence-corrected chi connectivity index (χ3v) is 3.02. The molecular formula is C12H10ClN3O5. The molecule has 0 saturated carbocycles. The second-order valence-corrected chi connectivity index (χ2v) is 4.55. The maximum atomic E-state index is 11.2. The molecule has 9 heteroatoms. The molecule has 0 fully saturated rings. The van der Waals surface area contributed by atoms with Crippen LogP contribution in [0.1, 0.15) is 16.1 Å². The minimum absolute atomic E-state index is 0.000563. The van der Waals surface area contributed by atoms with Gasteiger partial charge in [0.1, 0.15) is 5.56 Å². The van der Waals surface area contributed by atoms with Crippen LogP contribution in [0.2, 0.25) is 5.02 Å². The SMILES string of the molecule is Cc1nn(C)c(Oc2c(Cl)cccc2[N+](=O)[O-])c1C(=O)O. The highest BCUT2D eigenvalue weighted by atomic mass is 35.5. The van der Waals surface area contributed by atoms with Gasteiger partial charge in [0.2, 0.25) is 11.6 Å². The zero-order valence-corrected chi connectivity index (χ0v) is 11.8. The molecule has 0 radical (unpaired) electrons. The van der Waals surface area contributed by atoms with E-state index in [-0.39, 0.29) is 33.6 Å². The summed E-state index contributed by atoms with van der Waals surface area (Å²) in [5.74, 6) is -1.60. The van der Waals surface area contributed by atoms with Crippen molar-refractivity contribution in [3.63, 3.8) is 0 Å². The Hall–Kier alpha value is -2.61. The molecule has 0 spiro atoms. The zero-order valence-electron chi connectivity index (χ0n) is 11.0. The number of nitro benzene ring substituents is 1. The molecule has 2 aromatic rings. The fourth-order valence-electron chi connectivity index (χ4n) is 1.84. The van der Waals surface area contributed by atoms with Gasteiger partial charge in [0, 0.05) is 13.1 Å². The minimum atomic E-state index is -1.25. The van der Waals surface area contributed by atoms with Gasteiger partial charge in [0.15, 0.2) is 0 Å². The van der Waals surface area contributed by atoms with E-state index in [0.29, 0.717) is 0 Å². The zero-order chi connectivity index (χ0) is 15.7. The van der Waals surface area contributed by atoms with Crippen LogP contribution in [-0.4, -0.2) is 25.8 Å². The van der Waals surface area contributed by atoms with Gasteiger partial charge in [-0.15, -0.1) is 0 Å². The van der Waals surface area contributed by atoms with Crippen LogP contribution in [0.25, 0.3) is 0 Å². The lowest BCUT2D eigenvalue weighted by molar-refractivity contribution is -0.385. The van der Waals surface area contributed by atoms with Gasteiger partial charge in [-0.2, -0.15) is 5.10 Å². The predicted octanol–water partition coefficient (Wildman–Crippen LogP) is 2.78. The topological polar surface area (TPSA) is 107 Å². The smallest absolute Gasteiger partial charge is 0.343 e. The standard InChI is InChI=1S/C12H10ClN3O5/c1-6-9(12(17)18)11(15(2)14-6)21-10-7(13)4-3-5-8(10)16(19)20/h3-5H,1-2H3,(H,17,18). The van der Waals surface area contributed by atoms with Crippen molar-refractivity contribution in [2.45, 2.75) is 6.92 Å². The number of benzene rings is 1. The van der Waals surface area contributed by atoms with E-state index in [4.69, 9.17) is 16.3 Å². The van der Waals surface area contributed by atoms with E-state index in [1.54, 1.807) is 0 Å². The maximum absolute atomic E-state index is 11.2. The number of aromatic nitrogens is 2. The summed E-state index contributed by atoms with van der Waals surface area (Å²) in [6.45, 7) is 1.50. The Kier molecular flexibility index (Phi) is 3.81. The number of hydrogen-bond donors (Lipinski definition) is 1. The van der Waals surface area contributed by atoms with Crippen molar-refractivity contribution in [2.24, 2.45) is 7.05 Å². The first-order valence-corrected chi connectivity index (χ1v) is 6.08. The fourth-order valence-corrected chi connectivity index (χ4v) is 2.05. The molecule has 0 aliphatic heterocycles. The lowest BCUT2D eigenvalue weighted by Crippen LogP contribution is -2.03. The Morgan fingerprint density at radius 1 is 1.52 bits per heavy atom. The van der Waals surface area contributed by atoms with Gasteiger partial charge >= 0.3 is 11.7 Å². The molecule has 21 heavy (non-hydrogen) atoms. The van der Waals surface area contributed by atoms with Crippen LogP contribution in [0.3, 0.4) is 0 Å². The molecular weight excluding hydrogens is 302 g/mol. The van der Waals surface area contributed by atoms with Gasteiger partial charge in [0.05, 0.1) is 15.6 Å². The van der Waals surface area contributed by atoms with Gasteiger partial charge in [-0.1, -0.05) is 17.7 Å². The number of aryl methyl sites for hydroxylation is 2. The normalized spacial score (nSPS) is 10.4. The van der Waals surface area contributed by atoms with E-state index in [1.165, 1.54) is 36.9 Å². The third kappa shape index (κ3) is 2.65. The van der Waals surface area contributed by atoms with Gasteiger partial charge in [0.25, 0.3) is 0 Å². The average molecular weight is 312 g/mol. The molecule has 1 aromatic heterocycles. The molecule has 8 nitrogen and oxygen atoms in total. The second kappa shape index (κ2) is 5.41. The number of ether oxygens (including phenoxy) is 1. The average Bonchev–Trinajstić information content (AvgIpc) is 2.66. The van der Waals surface area contributed by atoms with E-state index < -0.39 is 10.9 Å². The fraction of sp³-hybridized carbons (Fsp3) is 0.167. The highest BCUT2D eigenvalue weighted by molar-refractivity contribution is 6.32. The first-order valence-electron chi connectivity index (χ1n) is 5.70. The molecule has 0 amide bonds. The van der Waals surface area contributed by atoms with Gasteiger partial charge < -0.3 is 9.84 Å². The number of carboxylic acids is 1. The van der Waals surface area contributed by atoms with Crippen molar-refractivity contribution in [1.82, 2.24) is 9.78 Å². The molecule has 0 saturated heterocycles. The van der Waals surface area contributed by atoms with Crippen LogP contribution in [-0.2, 0) is 7.05 Å². The van der Waals surface area contributed by atoms with Crippen LogP contribution in [0.5, 0.6) is 11.6 Å². The van der Waals surface area contributed by atoms with E-state index in [0.717, 1.165) is 0 Å². The summed E-state index contributed by atoms with van der Waals surface area (Å²) >= 11 is 5.91. The Bertz CT molecular complexity index is 741. The quantitative estimate of drug-likeness (QED) is 0.687. The van der Waals surface area contributed by atoms with Crippen molar-refractivity contribution in [1.29, 1.82) is 0 Å². The molecule has 0 bridgehead atoms. The van der Waals surface area contributed by atoms with E-state index in [2.05, 4.69) is 5.10 Å². The Labute approximate surface area is 123 Å². The number of para-hydroxylation sites is 1. The molecule has 1 N–H and O–H groups in total. The lowest BCUT2D eigenvalue weighted by Gasteiger charge is -2.08. The summed E-state index contributed by atoms with van der Waals surface area (Å²) in [6, 6.07) is 4.03. The van der Waals surface area contributed by atoms with E-state index >= 15 is 0 Å². The number of halogens is 1. The van der Waals surface area contributed by atoms with E-state index in [9.17, 15) is 20.0 Å². The number of hydrogen-bond acceptors (Lipinski definition) is 5. The summed E-state index contributed by atoms with van der Waals surface area (Å²) in [5, 5.41) is 24.1. The largest absolute Gasteiger partial charge is 0.477 e. The first-order chi connectivity index (χ1) is 9.82. The summed E-state index contributed by atoms with van der Waals surface area (Å²) in [7, 11) is 1.47. The number of rotatable bonds is 4. The number of nitrogens with zero attached hydrogens (tertiary/aromatic N) is 3. The Balaban J connectivity index is 2.59. The first kappa shape index (κ1) is 14.8. The van der Waals surface area contributed by atoms with Gasteiger partial charge in [-0.05, 0) is 13.0 Å². The third-order valence-electron chi connectivity index (χ3n) is 2.73. The number of aromatic carboxylic acids is 1. The summed E-state index contributed by atoms with van der Waals surface area (Å²) in [5.41, 5.74) is -0.306. The minimum Gasteiger partial charge on any atom is -0.477 e. The summed E-state index contributed by atoms with van der Waals surface area (Å²) in [6.07, 6.45) is 0. The monoisotopic (exact) mass is 311 g/mol. The van der Waals surface area contributed by atoms with Crippen molar-refractivity contribution in [3.05, 3.63) is 44.6 Å². The van der Waals surface area contributed by atoms with Crippen LogP contribution in [0.4, 0.5) is 5.69 Å². The van der Waals surface area contributed by atoms with E-state index in [1.807, 2.05) is 0 Å². The Morgan fingerprint density at radius 2 is 2.19 bits per heavy atom. The second-order valence-electron chi connectivity index (χ2n) is 4.14. The van der Waals surface area contributed by atoms with Crippen molar-refractivity contribution in [3.8, 4) is 11.6 Å². The number of nitro groups is 1. The number of carbonyl (C=O) groups is 1. The van der Waals surface area contributed by atoms with Gasteiger partial charge in [-0.25, -0.2) is 9.48 Å². The molecule has 110 valence electrons. The van der Waals surface area contributed by atoms with Crippen LogP contribution in [0.15, 0.2) is 18.2 Å². The van der Waals surface area contributed by atoms with Crippen molar-refractivity contribution in [2.75, 3.05) is 0 Å². The number of carboxylic acid groups (broad SMARTS) is 1. The molecule has 0 aliphatic carbocycles. The van der Waals surface area contributed by atoms with Crippen LogP contribution >= 0.6 is 11.6 Å². The Morgan fingerprint density at radius 3 is 2.76 bits per heavy atom. The highest BCUT2D eigenvalue weighted by Crippen LogP contribution is 2.39. The van der Waals surface area contributed by atoms with Crippen molar-refractivity contribution < 1.29 is 19.6 Å². The van der Waals surface area contributed by atoms with Crippen LogP contribution < -0.4 is 4.74 Å². The van der Waals surface area contributed by atoms with Gasteiger partial charge in [-0.3, -0.25) is 10.1 Å². The lowest BCUT2D eigenvalue weighted by atomic mass is 10.2. The molecule has 0 aliphatic rings. The molecule has 0 atom stereocenters. The molecule has 0 unspecified atom stereocenters. The predicted molar refractivity (Wildman–Crippen MR) is 73.1 cm³/mol. The molecule has 2 rings (SSSR count). The van der Waals surface area contributed by atoms with Crippen LogP contribution in [0, 0.1) is 17.0 Å². The molecule has 1 heterocycles. The summed E-state index contributed by atoms with van der Waals surface area (Å²) < 4.78 is 6.58. The van der Waals surface area contributed by atoms with Crippen molar-refractivity contribution >= 4 is 23.3 Å².